The molecule has 1 fully saturated rings. The van der Waals surface area contributed by atoms with E-state index in [0.29, 0.717) is 25.2 Å². The van der Waals surface area contributed by atoms with Crippen LogP contribution in [0, 0.1) is 18.8 Å². The zero-order valence-electron chi connectivity index (χ0n) is 22.5. The second-order valence-corrected chi connectivity index (χ2v) is 10.3. The number of aryl methyl sites for hydroxylation is 1. The summed E-state index contributed by atoms with van der Waals surface area (Å²) in [7, 11) is 0. The number of phenolic OH excluding ortho intramolecular Hbond substituents is 1. The van der Waals surface area contributed by atoms with E-state index in [4.69, 9.17) is 14.2 Å². The summed E-state index contributed by atoms with van der Waals surface area (Å²) in [6, 6.07) is 23.2. The van der Waals surface area contributed by atoms with Crippen LogP contribution in [0.15, 0.2) is 72.8 Å². The maximum atomic E-state index is 12.8. The Kier molecular flexibility index (Phi) is 8.52. The molecule has 38 heavy (non-hydrogen) atoms. The van der Waals surface area contributed by atoms with Gasteiger partial charge < -0.3 is 19.3 Å². The monoisotopic (exact) mass is 516 g/mol. The van der Waals surface area contributed by atoms with Gasteiger partial charge in [-0.05, 0) is 67.6 Å². The Balaban J connectivity index is 1.47. The fourth-order valence-electron chi connectivity index (χ4n) is 4.66. The van der Waals surface area contributed by atoms with Crippen LogP contribution >= 0.6 is 0 Å². The Labute approximate surface area is 224 Å². The van der Waals surface area contributed by atoms with Gasteiger partial charge in [0, 0.05) is 5.41 Å². The highest BCUT2D eigenvalue weighted by Crippen LogP contribution is 2.40. The number of carbonyl (C=O) groups is 2. The van der Waals surface area contributed by atoms with Crippen LogP contribution in [0.25, 0.3) is 0 Å². The second kappa shape index (κ2) is 11.8. The lowest BCUT2D eigenvalue weighted by atomic mass is 9.71. The average Bonchev–Trinajstić information content (AvgIpc) is 3.75. The van der Waals surface area contributed by atoms with Gasteiger partial charge in [0.25, 0.3) is 0 Å². The number of rotatable bonds is 11. The van der Waals surface area contributed by atoms with Crippen LogP contribution in [0.4, 0.5) is 0 Å². The van der Waals surface area contributed by atoms with Gasteiger partial charge in [-0.15, -0.1) is 0 Å². The number of ether oxygens (including phenoxy) is 3. The summed E-state index contributed by atoms with van der Waals surface area (Å²) in [5.41, 5.74) is 3.85. The first-order valence-corrected chi connectivity index (χ1v) is 13.2. The predicted molar refractivity (Wildman–Crippen MR) is 145 cm³/mol. The summed E-state index contributed by atoms with van der Waals surface area (Å²) in [5, 5.41) is 9.84. The minimum absolute atomic E-state index is 0.0173. The molecule has 6 nitrogen and oxygen atoms in total. The number of carbonyl (C=O) groups excluding carboxylic acids is 2. The zero-order valence-corrected chi connectivity index (χ0v) is 22.5. The third-order valence-corrected chi connectivity index (χ3v) is 7.40. The van der Waals surface area contributed by atoms with Crippen molar-refractivity contribution in [3.8, 4) is 11.5 Å². The number of esters is 2. The van der Waals surface area contributed by atoms with Crippen LogP contribution < -0.4 is 4.74 Å². The fourth-order valence-corrected chi connectivity index (χ4v) is 4.66. The van der Waals surface area contributed by atoms with Crippen LogP contribution in [-0.4, -0.2) is 36.4 Å². The van der Waals surface area contributed by atoms with Crippen LogP contribution in [0.3, 0.4) is 0 Å². The Hall–Kier alpha value is -3.64. The highest BCUT2D eigenvalue weighted by Gasteiger charge is 2.32. The van der Waals surface area contributed by atoms with Crippen molar-refractivity contribution >= 4 is 11.9 Å². The summed E-state index contributed by atoms with van der Waals surface area (Å²) < 4.78 is 16.1. The normalized spacial score (nSPS) is 17.6. The minimum atomic E-state index is -0.489. The molecule has 4 atom stereocenters. The molecule has 1 aliphatic heterocycles. The van der Waals surface area contributed by atoms with Gasteiger partial charge in [0.2, 0.25) is 0 Å². The van der Waals surface area contributed by atoms with Gasteiger partial charge in [0.15, 0.2) is 0 Å². The number of aromatic hydroxyl groups is 1. The van der Waals surface area contributed by atoms with Gasteiger partial charge in [0.1, 0.15) is 24.2 Å². The summed E-state index contributed by atoms with van der Waals surface area (Å²) in [5.74, 6) is -0.833. The minimum Gasteiger partial charge on any atom is -0.508 e. The molecule has 0 saturated carbocycles. The van der Waals surface area contributed by atoms with Gasteiger partial charge in [-0.3, -0.25) is 9.59 Å². The molecule has 4 unspecified atom stereocenters. The summed E-state index contributed by atoms with van der Waals surface area (Å²) in [6.07, 6.45) is 0.971. The molecule has 1 saturated heterocycles. The van der Waals surface area contributed by atoms with Crippen LogP contribution in [0.5, 0.6) is 11.5 Å². The van der Waals surface area contributed by atoms with E-state index < -0.39 is 11.3 Å². The van der Waals surface area contributed by atoms with Crippen LogP contribution in [-0.2, 0) is 24.5 Å². The molecule has 1 N–H and O–H groups in total. The standard InChI is InChI=1S/C32H36O6/c1-5-23(31(35)37-20-29-19-36-29)18-22(3)30(34)38-28-16-12-26(13-17-28)32(4,24-8-6-21(2)7-9-24)25-10-14-27(33)15-11-25/h6-17,22-23,29,33H,5,18-20H2,1-4H3. The molecule has 1 heterocycles. The van der Waals surface area contributed by atoms with E-state index in [2.05, 4.69) is 38.1 Å². The molecular weight excluding hydrogens is 480 g/mol. The van der Waals surface area contributed by atoms with E-state index in [1.807, 2.05) is 31.2 Å². The summed E-state index contributed by atoms with van der Waals surface area (Å²) in [4.78, 5) is 25.2. The Morgan fingerprint density at radius 3 is 2.00 bits per heavy atom. The predicted octanol–water partition coefficient (Wildman–Crippen LogP) is 5.95. The maximum absolute atomic E-state index is 12.8. The van der Waals surface area contributed by atoms with E-state index in [1.165, 1.54) is 5.56 Å². The third kappa shape index (κ3) is 6.43. The molecular formula is C32H36O6. The summed E-state index contributed by atoms with van der Waals surface area (Å²) >= 11 is 0. The molecule has 0 aliphatic carbocycles. The maximum Gasteiger partial charge on any atom is 0.314 e. The van der Waals surface area contributed by atoms with E-state index in [9.17, 15) is 14.7 Å². The van der Waals surface area contributed by atoms with Crippen molar-refractivity contribution in [3.63, 3.8) is 0 Å². The van der Waals surface area contributed by atoms with Gasteiger partial charge in [0.05, 0.1) is 18.4 Å². The van der Waals surface area contributed by atoms with Gasteiger partial charge in [-0.2, -0.15) is 0 Å². The van der Waals surface area contributed by atoms with Crippen LogP contribution in [0.1, 0.15) is 55.9 Å². The summed E-state index contributed by atoms with van der Waals surface area (Å²) in [6.45, 7) is 8.79. The molecule has 4 rings (SSSR count). The van der Waals surface area contributed by atoms with Crippen molar-refractivity contribution in [1.29, 1.82) is 0 Å². The number of benzene rings is 3. The first kappa shape index (κ1) is 27.4. The van der Waals surface area contributed by atoms with Crippen molar-refractivity contribution in [2.75, 3.05) is 13.2 Å². The molecule has 3 aromatic carbocycles. The van der Waals surface area contributed by atoms with Gasteiger partial charge >= 0.3 is 11.9 Å². The molecule has 6 heteroatoms. The lowest BCUT2D eigenvalue weighted by Gasteiger charge is -2.32. The van der Waals surface area contributed by atoms with E-state index >= 15 is 0 Å². The topological polar surface area (TPSA) is 85.4 Å². The Morgan fingerprint density at radius 2 is 1.47 bits per heavy atom. The average molecular weight is 517 g/mol. The quantitative estimate of drug-likeness (QED) is 0.147. The molecule has 0 aromatic heterocycles. The van der Waals surface area contributed by atoms with Crippen molar-refractivity contribution in [3.05, 3.63) is 95.1 Å². The van der Waals surface area contributed by atoms with Gasteiger partial charge in [-0.25, -0.2) is 0 Å². The fraction of sp³-hybridized carbons (Fsp3) is 0.375. The van der Waals surface area contributed by atoms with Crippen molar-refractivity contribution in [2.24, 2.45) is 11.8 Å². The lowest BCUT2D eigenvalue weighted by molar-refractivity contribution is -0.150. The zero-order chi connectivity index (χ0) is 27.3. The molecule has 0 bridgehead atoms. The molecule has 0 amide bonds. The van der Waals surface area contributed by atoms with Gasteiger partial charge in [-0.1, -0.05) is 67.9 Å². The van der Waals surface area contributed by atoms with E-state index in [0.717, 1.165) is 16.7 Å². The first-order valence-electron chi connectivity index (χ1n) is 13.2. The smallest absolute Gasteiger partial charge is 0.314 e. The Morgan fingerprint density at radius 1 is 0.947 bits per heavy atom. The third-order valence-electron chi connectivity index (χ3n) is 7.40. The SMILES string of the molecule is CCC(CC(C)C(=O)Oc1ccc(C(C)(c2ccc(C)cc2)c2ccc(O)cc2)cc1)C(=O)OCC1CO1. The number of epoxide rings is 1. The highest BCUT2D eigenvalue weighted by molar-refractivity contribution is 5.77. The van der Waals surface area contributed by atoms with Crippen molar-refractivity contribution < 1.29 is 28.9 Å². The van der Waals surface area contributed by atoms with Crippen molar-refractivity contribution in [1.82, 2.24) is 0 Å². The van der Waals surface area contributed by atoms with E-state index in [1.54, 1.807) is 31.2 Å². The Bertz CT molecular complexity index is 1180. The molecule has 0 spiro atoms. The van der Waals surface area contributed by atoms with Crippen LogP contribution in [0.2, 0.25) is 0 Å². The molecule has 1 aliphatic rings. The number of hydrogen-bond donors (Lipinski definition) is 1. The largest absolute Gasteiger partial charge is 0.508 e. The van der Waals surface area contributed by atoms with E-state index in [-0.39, 0.29) is 36.3 Å². The number of phenols is 1. The highest BCUT2D eigenvalue weighted by atomic mass is 16.6. The lowest BCUT2D eigenvalue weighted by Crippen LogP contribution is -2.26. The molecule has 0 radical (unpaired) electrons. The molecule has 200 valence electrons. The second-order valence-electron chi connectivity index (χ2n) is 10.3. The first-order chi connectivity index (χ1) is 18.2. The van der Waals surface area contributed by atoms with Crippen molar-refractivity contribution in [2.45, 2.75) is 52.1 Å². The molecule has 3 aromatic rings. The number of hydrogen-bond acceptors (Lipinski definition) is 6.